The number of amidine groups is 1. The van der Waals surface area contributed by atoms with E-state index >= 15 is 0 Å². The average molecular weight is 546 g/mol. The standard InChI is InChI=1S/C30H31N3O3S2/c34-29(24-9-5-2-6-10-24)31-30-33(27-20-38(35,36)21-28(27)37-30)26-13-11-25(12-14-26)32-17-15-23(16-18-32)19-22-7-3-1-4-8-22/h1-14,23,27-28H,15-21H2/t27-,28-/m1/s1. The Hall–Kier alpha value is -3.10. The van der Waals surface area contributed by atoms with Gasteiger partial charge in [-0.2, -0.15) is 4.99 Å². The van der Waals surface area contributed by atoms with Crippen LogP contribution < -0.4 is 9.80 Å². The molecule has 3 aliphatic rings. The Balaban J connectivity index is 1.18. The smallest absolute Gasteiger partial charge is 0.279 e. The molecule has 0 saturated carbocycles. The summed E-state index contributed by atoms with van der Waals surface area (Å²) >= 11 is 1.41. The van der Waals surface area contributed by atoms with Gasteiger partial charge in [-0.3, -0.25) is 4.79 Å². The molecular formula is C30H31N3O3S2. The van der Waals surface area contributed by atoms with Crippen LogP contribution in [0.2, 0.25) is 0 Å². The SMILES string of the molecule is O=C(N=C1S[C@@H]2CS(=O)(=O)C[C@H]2N1c1ccc(N2CCC(Cc3ccccc3)CC2)cc1)c1ccccc1. The van der Waals surface area contributed by atoms with Crippen molar-refractivity contribution in [3.05, 3.63) is 96.1 Å². The highest BCUT2D eigenvalue weighted by Gasteiger charge is 2.49. The van der Waals surface area contributed by atoms with Gasteiger partial charge in [0, 0.05) is 35.3 Å². The minimum atomic E-state index is -3.11. The monoisotopic (exact) mass is 545 g/mol. The summed E-state index contributed by atoms with van der Waals surface area (Å²) in [6.45, 7) is 2.05. The summed E-state index contributed by atoms with van der Waals surface area (Å²) < 4.78 is 24.8. The zero-order chi connectivity index (χ0) is 26.1. The number of aliphatic imine (C=N–C) groups is 1. The lowest BCUT2D eigenvalue weighted by Gasteiger charge is -2.34. The molecule has 3 heterocycles. The fourth-order valence-corrected chi connectivity index (χ4v) is 9.68. The van der Waals surface area contributed by atoms with Crippen LogP contribution in [0.3, 0.4) is 0 Å². The van der Waals surface area contributed by atoms with Crippen LogP contribution in [0.25, 0.3) is 0 Å². The molecular weight excluding hydrogens is 514 g/mol. The Morgan fingerprint density at radius 1 is 0.842 bits per heavy atom. The highest BCUT2D eigenvalue weighted by Crippen LogP contribution is 2.41. The van der Waals surface area contributed by atoms with Crippen molar-refractivity contribution in [1.82, 2.24) is 0 Å². The van der Waals surface area contributed by atoms with Gasteiger partial charge < -0.3 is 9.80 Å². The number of hydrogen-bond donors (Lipinski definition) is 0. The number of amides is 1. The summed E-state index contributed by atoms with van der Waals surface area (Å²) in [4.78, 5) is 21.7. The molecule has 6 rings (SSSR count). The van der Waals surface area contributed by atoms with Crippen molar-refractivity contribution in [2.45, 2.75) is 30.6 Å². The molecule has 196 valence electrons. The quantitative estimate of drug-likeness (QED) is 0.446. The zero-order valence-electron chi connectivity index (χ0n) is 21.1. The van der Waals surface area contributed by atoms with E-state index in [1.165, 1.54) is 35.9 Å². The van der Waals surface area contributed by atoms with Crippen molar-refractivity contribution < 1.29 is 13.2 Å². The Morgan fingerprint density at radius 2 is 1.47 bits per heavy atom. The molecule has 2 atom stereocenters. The van der Waals surface area contributed by atoms with Crippen LogP contribution >= 0.6 is 11.8 Å². The number of sulfone groups is 1. The van der Waals surface area contributed by atoms with Gasteiger partial charge >= 0.3 is 0 Å². The lowest BCUT2D eigenvalue weighted by molar-refractivity contribution is 0.100. The molecule has 0 aliphatic carbocycles. The Morgan fingerprint density at radius 3 is 2.16 bits per heavy atom. The van der Waals surface area contributed by atoms with Crippen LogP contribution in [-0.4, -0.2) is 55.4 Å². The maximum Gasteiger partial charge on any atom is 0.279 e. The number of benzene rings is 3. The zero-order valence-corrected chi connectivity index (χ0v) is 22.8. The lowest BCUT2D eigenvalue weighted by atomic mass is 9.90. The second-order valence-electron chi connectivity index (χ2n) is 10.4. The van der Waals surface area contributed by atoms with Crippen molar-refractivity contribution in [2.75, 3.05) is 34.4 Å². The number of hydrogen-bond acceptors (Lipinski definition) is 5. The Kier molecular flexibility index (Phi) is 7.01. The maximum absolute atomic E-state index is 12.9. The van der Waals surface area contributed by atoms with Gasteiger partial charge in [0.15, 0.2) is 15.0 Å². The van der Waals surface area contributed by atoms with Gasteiger partial charge in [0.2, 0.25) is 0 Å². The van der Waals surface area contributed by atoms with E-state index in [9.17, 15) is 13.2 Å². The molecule has 1 amide bonds. The van der Waals surface area contributed by atoms with E-state index in [0.717, 1.165) is 25.2 Å². The van der Waals surface area contributed by atoms with Crippen LogP contribution in [0, 0.1) is 5.92 Å². The highest BCUT2D eigenvalue weighted by molar-refractivity contribution is 8.16. The molecule has 3 fully saturated rings. The number of piperidine rings is 1. The van der Waals surface area contributed by atoms with Crippen LogP contribution in [0.15, 0.2) is 89.9 Å². The first-order valence-electron chi connectivity index (χ1n) is 13.2. The van der Waals surface area contributed by atoms with Crippen LogP contribution in [-0.2, 0) is 16.3 Å². The molecule has 0 spiro atoms. The normalized spacial score (nSPS) is 24.1. The molecule has 0 bridgehead atoms. The molecule has 8 heteroatoms. The minimum Gasteiger partial charge on any atom is -0.372 e. The van der Waals surface area contributed by atoms with E-state index in [2.05, 4.69) is 52.4 Å². The average Bonchev–Trinajstić information content (AvgIpc) is 3.41. The lowest BCUT2D eigenvalue weighted by Crippen LogP contribution is -2.38. The third kappa shape index (κ3) is 5.38. The highest BCUT2D eigenvalue weighted by atomic mass is 32.2. The first-order valence-corrected chi connectivity index (χ1v) is 15.9. The molecule has 0 aromatic heterocycles. The third-order valence-electron chi connectivity index (χ3n) is 7.76. The number of rotatable bonds is 5. The van der Waals surface area contributed by atoms with Gasteiger partial charge in [-0.1, -0.05) is 60.3 Å². The minimum absolute atomic E-state index is 0.0832. The van der Waals surface area contributed by atoms with Gasteiger partial charge in [0.1, 0.15) is 0 Å². The van der Waals surface area contributed by atoms with Crippen LogP contribution in [0.1, 0.15) is 28.8 Å². The first-order chi connectivity index (χ1) is 18.4. The van der Waals surface area contributed by atoms with E-state index in [0.29, 0.717) is 16.6 Å². The summed E-state index contributed by atoms with van der Waals surface area (Å²) in [6, 6.07) is 27.8. The van der Waals surface area contributed by atoms with Crippen molar-refractivity contribution >= 4 is 44.0 Å². The van der Waals surface area contributed by atoms with Crippen LogP contribution in [0.4, 0.5) is 11.4 Å². The molecule has 3 saturated heterocycles. The summed E-state index contributed by atoms with van der Waals surface area (Å²) in [7, 11) is -3.11. The van der Waals surface area contributed by atoms with Crippen molar-refractivity contribution in [1.29, 1.82) is 0 Å². The molecule has 38 heavy (non-hydrogen) atoms. The Bertz CT molecular complexity index is 1420. The van der Waals surface area contributed by atoms with E-state index in [-0.39, 0.29) is 28.7 Å². The summed E-state index contributed by atoms with van der Waals surface area (Å²) in [5.74, 6) is 0.598. The molecule has 0 unspecified atom stereocenters. The number of carbonyl (C=O) groups excluding carboxylic acids is 1. The summed E-state index contributed by atoms with van der Waals surface area (Å²) in [6.07, 6.45) is 3.47. The largest absolute Gasteiger partial charge is 0.372 e. The van der Waals surface area contributed by atoms with E-state index < -0.39 is 9.84 Å². The van der Waals surface area contributed by atoms with Crippen molar-refractivity contribution in [2.24, 2.45) is 10.9 Å². The first kappa shape index (κ1) is 25.2. The van der Waals surface area contributed by atoms with Crippen molar-refractivity contribution in [3.63, 3.8) is 0 Å². The van der Waals surface area contributed by atoms with Crippen molar-refractivity contribution in [3.8, 4) is 0 Å². The van der Waals surface area contributed by atoms with Gasteiger partial charge in [0.25, 0.3) is 5.91 Å². The number of nitrogens with zero attached hydrogens (tertiary/aromatic N) is 3. The number of fused-ring (bicyclic) bond motifs is 1. The maximum atomic E-state index is 12.9. The molecule has 3 aromatic rings. The predicted octanol–water partition coefficient (Wildman–Crippen LogP) is 5.06. The van der Waals surface area contributed by atoms with E-state index in [1.807, 2.05) is 35.2 Å². The van der Waals surface area contributed by atoms with Crippen LogP contribution in [0.5, 0.6) is 0 Å². The van der Waals surface area contributed by atoms with Gasteiger partial charge in [-0.15, -0.1) is 0 Å². The number of carbonyl (C=O) groups is 1. The van der Waals surface area contributed by atoms with Gasteiger partial charge in [-0.25, -0.2) is 8.42 Å². The third-order valence-corrected chi connectivity index (χ3v) is 11.0. The summed E-state index contributed by atoms with van der Waals surface area (Å²) in [5.41, 5.74) is 3.99. The molecule has 6 nitrogen and oxygen atoms in total. The molecule has 3 aromatic carbocycles. The Labute approximate surface area is 228 Å². The molecule has 0 radical (unpaired) electrons. The van der Waals surface area contributed by atoms with E-state index in [1.54, 1.807) is 12.1 Å². The number of thioether (sulfide) groups is 1. The van der Waals surface area contributed by atoms with Gasteiger partial charge in [-0.05, 0) is 67.1 Å². The topological polar surface area (TPSA) is 70.0 Å². The fourth-order valence-electron chi connectivity index (χ4n) is 5.77. The number of anilines is 2. The van der Waals surface area contributed by atoms with E-state index in [4.69, 9.17) is 0 Å². The summed E-state index contributed by atoms with van der Waals surface area (Å²) in [5, 5.41) is 0.462. The fraction of sp³-hybridized carbons (Fsp3) is 0.333. The van der Waals surface area contributed by atoms with Gasteiger partial charge in [0.05, 0.1) is 17.5 Å². The predicted molar refractivity (Wildman–Crippen MR) is 156 cm³/mol. The second-order valence-corrected chi connectivity index (χ2v) is 13.7. The molecule has 0 N–H and O–H groups in total. The molecule has 3 aliphatic heterocycles. The second kappa shape index (κ2) is 10.6.